The van der Waals surface area contributed by atoms with Crippen LogP contribution in [0.3, 0.4) is 0 Å². The molecule has 0 bridgehead atoms. The molecule has 1 aromatic rings. The van der Waals surface area contributed by atoms with Gasteiger partial charge in [-0.05, 0) is 23.8 Å². The van der Waals surface area contributed by atoms with Crippen LogP contribution in [-0.2, 0) is 10.1 Å². The Balaban J connectivity index is 3.50. The standard InChI is InChI=1S/C9H8O5S/c1-2-6-3-7(9(10)11)5-8(4-6)15(12,13)14/h2-5H,1H2,(H,10,11)(H,12,13,14). The fourth-order valence-electron chi connectivity index (χ4n) is 1.01. The lowest BCUT2D eigenvalue weighted by molar-refractivity contribution is 0.0696. The van der Waals surface area contributed by atoms with E-state index in [0.29, 0.717) is 5.56 Å². The van der Waals surface area contributed by atoms with Crippen LogP contribution in [0.25, 0.3) is 6.08 Å². The van der Waals surface area contributed by atoms with Crippen LogP contribution in [0.1, 0.15) is 15.9 Å². The van der Waals surface area contributed by atoms with Crippen LogP contribution < -0.4 is 0 Å². The first kappa shape index (κ1) is 11.4. The van der Waals surface area contributed by atoms with E-state index in [1.807, 2.05) is 0 Å². The summed E-state index contributed by atoms with van der Waals surface area (Å²) in [6.45, 7) is 3.39. The zero-order chi connectivity index (χ0) is 11.6. The maximum atomic E-state index is 10.8. The molecule has 0 aromatic heterocycles. The van der Waals surface area contributed by atoms with Gasteiger partial charge in [-0.1, -0.05) is 12.7 Å². The van der Waals surface area contributed by atoms with E-state index in [2.05, 4.69) is 6.58 Å². The molecule has 2 N–H and O–H groups in total. The predicted molar refractivity (Wildman–Crippen MR) is 53.3 cm³/mol. The second-order valence-electron chi connectivity index (χ2n) is 2.78. The highest BCUT2D eigenvalue weighted by Crippen LogP contribution is 2.16. The van der Waals surface area contributed by atoms with Gasteiger partial charge in [0.25, 0.3) is 10.1 Å². The van der Waals surface area contributed by atoms with Gasteiger partial charge in [0, 0.05) is 0 Å². The van der Waals surface area contributed by atoms with Crippen molar-refractivity contribution in [2.75, 3.05) is 0 Å². The van der Waals surface area contributed by atoms with Crippen LogP contribution in [0.15, 0.2) is 29.7 Å². The molecule has 6 heteroatoms. The first-order chi connectivity index (χ1) is 6.84. The Labute approximate surface area is 86.4 Å². The Morgan fingerprint density at radius 3 is 2.33 bits per heavy atom. The molecule has 80 valence electrons. The van der Waals surface area contributed by atoms with Crippen molar-refractivity contribution in [3.63, 3.8) is 0 Å². The summed E-state index contributed by atoms with van der Waals surface area (Å²) in [5, 5.41) is 8.68. The molecular weight excluding hydrogens is 220 g/mol. The summed E-state index contributed by atoms with van der Waals surface area (Å²) in [7, 11) is -4.40. The van der Waals surface area contributed by atoms with Gasteiger partial charge in [-0.2, -0.15) is 8.42 Å². The highest BCUT2D eigenvalue weighted by molar-refractivity contribution is 7.85. The fraction of sp³-hybridized carbons (Fsp3) is 0. The molecule has 0 amide bonds. The number of carboxylic acids is 1. The quantitative estimate of drug-likeness (QED) is 0.760. The zero-order valence-corrected chi connectivity index (χ0v) is 8.36. The first-order valence-electron chi connectivity index (χ1n) is 3.83. The predicted octanol–water partition coefficient (Wildman–Crippen LogP) is 1.27. The number of aromatic carboxylic acids is 1. The van der Waals surface area contributed by atoms with Crippen LogP contribution >= 0.6 is 0 Å². The first-order valence-corrected chi connectivity index (χ1v) is 5.27. The molecule has 0 atom stereocenters. The Hall–Kier alpha value is -1.66. The molecule has 0 aliphatic heterocycles. The van der Waals surface area contributed by atoms with Gasteiger partial charge in [-0.15, -0.1) is 0 Å². The third kappa shape index (κ3) is 2.64. The molecule has 15 heavy (non-hydrogen) atoms. The van der Waals surface area contributed by atoms with E-state index < -0.39 is 21.0 Å². The normalized spacial score (nSPS) is 11.0. The number of carboxylic acid groups (broad SMARTS) is 1. The van der Waals surface area contributed by atoms with Gasteiger partial charge in [-0.3, -0.25) is 4.55 Å². The van der Waals surface area contributed by atoms with E-state index in [0.717, 1.165) is 12.1 Å². The molecule has 0 aliphatic rings. The van der Waals surface area contributed by atoms with Gasteiger partial charge >= 0.3 is 5.97 Å². The molecule has 1 rings (SSSR count). The van der Waals surface area contributed by atoms with E-state index in [9.17, 15) is 13.2 Å². The van der Waals surface area contributed by atoms with Gasteiger partial charge in [0.15, 0.2) is 0 Å². The van der Waals surface area contributed by atoms with Gasteiger partial charge < -0.3 is 5.11 Å². The monoisotopic (exact) mass is 228 g/mol. The molecule has 0 spiro atoms. The van der Waals surface area contributed by atoms with Crippen molar-refractivity contribution in [2.45, 2.75) is 4.90 Å². The Kier molecular flexibility index (Phi) is 2.92. The molecule has 0 saturated heterocycles. The molecular formula is C9H8O5S. The average molecular weight is 228 g/mol. The van der Waals surface area contributed by atoms with E-state index in [-0.39, 0.29) is 5.56 Å². The van der Waals surface area contributed by atoms with Gasteiger partial charge in [0.1, 0.15) is 0 Å². The number of benzene rings is 1. The third-order valence-corrected chi connectivity index (χ3v) is 2.54. The molecule has 0 heterocycles. The molecule has 0 radical (unpaired) electrons. The van der Waals surface area contributed by atoms with Crippen LogP contribution in [-0.4, -0.2) is 24.0 Å². The van der Waals surface area contributed by atoms with Crippen LogP contribution in [0.4, 0.5) is 0 Å². The van der Waals surface area contributed by atoms with E-state index in [1.165, 1.54) is 12.1 Å². The number of carbonyl (C=O) groups is 1. The molecule has 0 saturated carbocycles. The maximum absolute atomic E-state index is 10.8. The SMILES string of the molecule is C=Cc1cc(C(=O)O)cc(S(=O)(=O)O)c1. The molecule has 5 nitrogen and oxygen atoms in total. The molecule has 0 aliphatic carbocycles. The van der Waals surface area contributed by atoms with Crippen molar-refractivity contribution in [1.29, 1.82) is 0 Å². The lowest BCUT2D eigenvalue weighted by Gasteiger charge is -2.02. The minimum atomic E-state index is -4.40. The number of hydrogen-bond acceptors (Lipinski definition) is 3. The van der Waals surface area contributed by atoms with E-state index >= 15 is 0 Å². The Bertz CT molecular complexity index is 515. The largest absolute Gasteiger partial charge is 0.478 e. The highest BCUT2D eigenvalue weighted by atomic mass is 32.2. The maximum Gasteiger partial charge on any atom is 0.335 e. The van der Waals surface area contributed by atoms with E-state index in [1.54, 1.807) is 0 Å². The Morgan fingerprint density at radius 2 is 1.93 bits per heavy atom. The molecule has 1 aromatic carbocycles. The average Bonchev–Trinajstić information content (AvgIpc) is 2.15. The highest BCUT2D eigenvalue weighted by Gasteiger charge is 2.14. The van der Waals surface area contributed by atoms with Gasteiger partial charge in [0.2, 0.25) is 0 Å². The van der Waals surface area contributed by atoms with Gasteiger partial charge in [-0.25, -0.2) is 4.79 Å². The van der Waals surface area contributed by atoms with Crippen molar-refractivity contribution in [1.82, 2.24) is 0 Å². The lowest BCUT2D eigenvalue weighted by Crippen LogP contribution is -2.03. The summed E-state index contributed by atoms with van der Waals surface area (Å²) in [6.07, 6.45) is 1.29. The Morgan fingerprint density at radius 1 is 1.33 bits per heavy atom. The summed E-state index contributed by atoms with van der Waals surface area (Å²) < 4.78 is 30.4. The lowest BCUT2D eigenvalue weighted by atomic mass is 10.1. The number of hydrogen-bond donors (Lipinski definition) is 2. The zero-order valence-electron chi connectivity index (χ0n) is 7.54. The summed E-state index contributed by atoms with van der Waals surface area (Å²) in [4.78, 5) is 10.2. The van der Waals surface area contributed by atoms with Crippen LogP contribution in [0.2, 0.25) is 0 Å². The van der Waals surface area contributed by atoms with E-state index in [4.69, 9.17) is 9.66 Å². The fourth-order valence-corrected chi connectivity index (χ4v) is 1.57. The second kappa shape index (κ2) is 3.84. The summed E-state index contributed by atoms with van der Waals surface area (Å²) in [6, 6.07) is 3.27. The van der Waals surface area contributed by atoms with Crippen molar-refractivity contribution in [2.24, 2.45) is 0 Å². The summed E-state index contributed by atoms with van der Waals surface area (Å²) in [5.41, 5.74) is 0.0857. The summed E-state index contributed by atoms with van der Waals surface area (Å²) in [5.74, 6) is -1.27. The molecule has 0 fully saturated rings. The minimum absolute atomic E-state index is 0.222. The van der Waals surface area contributed by atoms with Crippen LogP contribution in [0, 0.1) is 0 Å². The van der Waals surface area contributed by atoms with Crippen LogP contribution in [0.5, 0.6) is 0 Å². The van der Waals surface area contributed by atoms with Crippen molar-refractivity contribution in [3.8, 4) is 0 Å². The van der Waals surface area contributed by atoms with Crippen molar-refractivity contribution < 1.29 is 22.9 Å². The van der Waals surface area contributed by atoms with Crippen molar-refractivity contribution in [3.05, 3.63) is 35.9 Å². The topological polar surface area (TPSA) is 91.7 Å². The second-order valence-corrected chi connectivity index (χ2v) is 4.20. The van der Waals surface area contributed by atoms with Gasteiger partial charge in [0.05, 0.1) is 10.5 Å². The minimum Gasteiger partial charge on any atom is -0.478 e. The smallest absolute Gasteiger partial charge is 0.335 e. The molecule has 0 unspecified atom stereocenters. The number of rotatable bonds is 3. The van der Waals surface area contributed by atoms with Crippen molar-refractivity contribution >= 4 is 22.2 Å². The third-order valence-electron chi connectivity index (χ3n) is 1.71. The summed E-state index contributed by atoms with van der Waals surface area (Å²) >= 11 is 0.